The highest BCUT2D eigenvalue weighted by molar-refractivity contribution is 6.33. The molecule has 0 bridgehead atoms. The van der Waals surface area contributed by atoms with Gasteiger partial charge in [-0.3, -0.25) is 9.78 Å². The molecule has 1 amide bonds. The monoisotopic (exact) mass is 258 g/mol. The molecule has 0 aliphatic rings. The first-order chi connectivity index (χ1) is 8.06. The molecule has 0 aliphatic carbocycles. The van der Waals surface area contributed by atoms with E-state index in [0.29, 0.717) is 0 Å². The van der Waals surface area contributed by atoms with E-state index in [0.717, 1.165) is 0 Å². The molecule has 7 heteroatoms. The van der Waals surface area contributed by atoms with E-state index in [1.165, 1.54) is 18.5 Å². The second-order valence-electron chi connectivity index (χ2n) is 3.23. The summed E-state index contributed by atoms with van der Waals surface area (Å²) < 4.78 is 0. The molecule has 1 aromatic rings. The summed E-state index contributed by atoms with van der Waals surface area (Å²) in [4.78, 5) is 26.2. The summed E-state index contributed by atoms with van der Waals surface area (Å²) in [7, 11) is 0. The zero-order valence-corrected chi connectivity index (χ0v) is 9.52. The number of nitrogens with one attached hydrogen (secondary N) is 1. The minimum atomic E-state index is -1.21. The van der Waals surface area contributed by atoms with Crippen molar-refractivity contribution in [1.29, 1.82) is 0 Å². The van der Waals surface area contributed by atoms with Gasteiger partial charge in [0, 0.05) is 25.4 Å². The molecule has 1 heterocycles. The molecular formula is C10H11ClN2O4. The van der Waals surface area contributed by atoms with E-state index in [-0.39, 0.29) is 23.6 Å². The third kappa shape index (κ3) is 3.69. The van der Waals surface area contributed by atoms with Gasteiger partial charge in [-0.05, 0) is 6.07 Å². The number of halogens is 1. The molecule has 0 radical (unpaired) electrons. The van der Waals surface area contributed by atoms with Crippen molar-refractivity contribution in [2.45, 2.75) is 12.5 Å². The molecule has 0 saturated carbocycles. The van der Waals surface area contributed by atoms with Gasteiger partial charge in [-0.25, -0.2) is 4.79 Å². The third-order valence-corrected chi connectivity index (χ3v) is 2.34. The molecule has 92 valence electrons. The number of hydrogen-bond donors (Lipinski definition) is 3. The molecule has 1 rings (SSSR count). The maximum absolute atomic E-state index is 11.7. The van der Waals surface area contributed by atoms with Crippen LogP contribution in [0.15, 0.2) is 18.5 Å². The van der Waals surface area contributed by atoms with Crippen molar-refractivity contribution in [3.05, 3.63) is 29.0 Å². The van der Waals surface area contributed by atoms with Gasteiger partial charge in [-0.2, -0.15) is 0 Å². The molecule has 0 aliphatic heterocycles. The van der Waals surface area contributed by atoms with Gasteiger partial charge in [0.05, 0.1) is 10.6 Å². The third-order valence-electron chi connectivity index (χ3n) is 2.04. The Hall–Kier alpha value is -1.66. The fraction of sp³-hybridized carbons (Fsp3) is 0.300. The number of aromatic nitrogens is 1. The summed E-state index contributed by atoms with van der Waals surface area (Å²) in [5.74, 6) is -1.82. The van der Waals surface area contributed by atoms with Crippen LogP contribution in [0.3, 0.4) is 0 Å². The molecule has 6 nitrogen and oxygen atoms in total. The molecular weight excluding hydrogens is 248 g/mol. The Balaban J connectivity index is 2.77. The second-order valence-corrected chi connectivity index (χ2v) is 3.64. The van der Waals surface area contributed by atoms with E-state index in [2.05, 4.69) is 10.3 Å². The smallest absolute Gasteiger partial charge is 0.326 e. The predicted octanol–water partition coefficient (Wildman–Crippen LogP) is 0.300. The van der Waals surface area contributed by atoms with Gasteiger partial charge in [-0.15, -0.1) is 0 Å². The van der Waals surface area contributed by atoms with Crippen LogP contribution in [0, 0.1) is 0 Å². The lowest BCUT2D eigenvalue weighted by Gasteiger charge is -2.13. The zero-order valence-electron chi connectivity index (χ0n) is 8.76. The maximum Gasteiger partial charge on any atom is 0.326 e. The summed E-state index contributed by atoms with van der Waals surface area (Å²) in [6.45, 7) is -0.332. The first kappa shape index (κ1) is 13.4. The van der Waals surface area contributed by atoms with Gasteiger partial charge in [-0.1, -0.05) is 11.6 Å². The van der Waals surface area contributed by atoms with Gasteiger partial charge in [0.2, 0.25) is 0 Å². The van der Waals surface area contributed by atoms with Crippen molar-refractivity contribution in [2.75, 3.05) is 6.61 Å². The fourth-order valence-corrected chi connectivity index (χ4v) is 1.39. The highest BCUT2D eigenvalue weighted by Crippen LogP contribution is 2.13. The summed E-state index contributed by atoms with van der Waals surface area (Å²) in [6.07, 6.45) is 2.60. The Morgan fingerprint density at radius 1 is 1.53 bits per heavy atom. The number of nitrogens with zero attached hydrogens (tertiary/aromatic N) is 1. The highest BCUT2D eigenvalue weighted by atomic mass is 35.5. The van der Waals surface area contributed by atoms with Crippen molar-refractivity contribution >= 4 is 23.5 Å². The van der Waals surface area contributed by atoms with Crippen molar-refractivity contribution in [3.8, 4) is 0 Å². The van der Waals surface area contributed by atoms with Crippen LogP contribution in [0.1, 0.15) is 16.8 Å². The lowest BCUT2D eigenvalue weighted by Crippen LogP contribution is -2.41. The first-order valence-corrected chi connectivity index (χ1v) is 5.18. The SMILES string of the molecule is O=C(N[C@@H](CCO)C(=O)O)c1ccncc1Cl. The summed E-state index contributed by atoms with van der Waals surface area (Å²) >= 11 is 5.74. The maximum atomic E-state index is 11.7. The van der Waals surface area contributed by atoms with E-state index in [1.807, 2.05) is 0 Å². The quantitative estimate of drug-likeness (QED) is 0.705. The summed E-state index contributed by atoms with van der Waals surface area (Å²) in [5, 5.41) is 19.9. The number of carbonyl (C=O) groups excluding carboxylic acids is 1. The minimum Gasteiger partial charge on any atom is -0.480 e. The zero-order chi connectivity index (χ0) is 12.8. The number of carbonyl (C=O) groups is 2. The Morgan fingerprint density at radius 2 is 2.24 bits per heavy atom. The highest BCUT2D eigenvalue weighted by Gasteiger charge is 2.21. The van der Waals surface area contributed by atoms with Gasteiger partial charge in [0.1, 0.15) is 6.04 Å². The van der Waals surface area contributed by atoms with Gasteiger partial charge >= 0.3 is 5.97 Å². The van der Waals surface area contributed by atoms with Crippen molar-refractivity contribution in [1.82, 2.24) is 10.3 Å². The van der Waals surface area contributed by atoms with E-state index >= 15 is 0 Å². The van der Waals surface area contributed by atoms with Crippen LogP contribution in [0.2, 0.25) is 5.02 Å². The average Bonchev–Trinajstić information content (AvgIpc) is 2.28. The molecule has 0 saturated heterocycles. The number of aliphatic carboxylic acids is 1. The molecule has 1 atom stereocenters. The Kier molecular flexibility index (Phi) is 4.86. The number of pyridine rings is 1. The van der Waals surface area contributed by atoms with Crippen LogP contribution >= 0.6 is 11.6 Å². The lowest BCUT2D eigenvalue weighted by molar-refractivity contribution is -0.139. The van der Waals surface area contributed by atoms with Crippen molar-refractivity contribution < 1.29 is 19.8 Å². The lowest BCUT2D eigenvalue weighted by atomic mass is 10.2. The normalized spacial score (nSPS) is 11.9. The molecule has 0 spiro atoms. The molecule has 0 fully saturated rings. The Labute approximate surface area is 102 Å². The topological polar surface area (TPSA) is 99.5 Å². The van der Waals surface area contributed by atoms with E-state index < -0.39 is 17.9 Å². The largest absolute Gasteiger partial charge is 0.480 e. The number of carboxylic acids is 1. The molecule has 0 unspecified atom stereocenters. The van der Waals surface area contributed by atoms with E-state index in [9.17, 15) is 9.59 Å². The van der Waals surface area contributed by atoms with Crippen LogP contribution in [0.5, 0.6) is 0 Å². The number of aliphatic hydroxyl groups excluding tert-OH is 1. The van der Waals surface area contributed by atoms with Crippen molar-refractivity contribution in [2.24, 2.45) is 0 Å². The number of hydrogen-bond acceptors (Lipinski definition) is 4. The summed E-state index contributed by atoms with van der Waals surface area (Å²) in [6, 6.07) is 0.243. The van der Waals surface area contributed by atoms with E-state index in [4.69, 9.17) is 21.8 Å². The molecule has 17 heavy (non-hydrogen) atoms. The van der Waals surface area contributed by atoms with Crippen LogP contribution in [-0.2, 0) is 4.79 Å². The molecule has 0 aromatic carbocycles. The second kappa shape index (κ2) is 6.17. The summed E-state index contributed by atoms with van der Waals surface area (Å²) in [5.41, 5.74) is 0.144. The van der Waals surface area contributed by atoms with Crippen LogP contribution in [-0.4, -0.2) is 39.7 Å². The van der Waals surface area contributed by atoms with Crippen molar-refractivity contribution in [3.63, 3.8) is 0 Å². The molecule has 3 N–H and O–H groups in total. The Bertz CT molecular complexity index is 425. The molecule has 1 aromatic heterocycles. The number of carboxylic acid groups (broad SMARTS) is 1. The van der Waals surface area contributed by atoms with Crippen LogP contribution in [0.4, 0.5) is 0 Å². The number of amides is 1. The van der Waals surface area contributed by atoms with Gasteiger partial charge < -0.3 is 15.5 Å². The Morgan fingerprint density at radius 3 is 2.76 bits per heavy atom. The number of rotatable bonds is 5. The van der Waals surface area contributed by atoms with Crippen LogP contribution < -0.4 is 5.32 Å². The number of aliphatic hydroxyl groups is 1. The average molecular weight is 259 g/mol. The fourth-order valence-electron chi connectivity index (χ4n) is 1.18. The first-order valence-electron chi connectivity index (χ1n) is 4.80. The standard InChI is InChI=1S/C10H11ClN2O4/c11-7-5-12-3-1-6(7)9(15)13-8(2-4-14)10(16)17/h1,3,5,8,14H,2,4H2,(H,13,15)(H,16,17)/t8-/m0/s1. The minimum absolute atomic E-state index is 0.0657. The van der Waals surface area contributed by atoms with Gasteiger partial charge in [0.25, 0.3) is 5.91 Å². The predicted molar refractivity (Wildman–Crippen MR) is 59.8 cm³/mol. The van der Waals surface area contributed by atoms with Crippen LogP contribution in [0.25, 0.3) is 0 Å². The van der Waals surface area contributed by atoms with E-state index in [1.54, 1.807) is 0 Å². The van der Waals surface area contributed by atoms with Gasteiger partial charge in [0.15, 0.2) is 0 Å².